The van der Waals surface area contributed by atoms with E-state index in [9.17, 15) is 14.7 Å². The van der Waals surface area contributed by atoms with E-state index in [2.05, 4.69) is 4.90 Å². The van der Waals surface area contributed by atoms with E-state index in [4.69, 9.17) is 0 Å². The molecule has 120 valence electrons. The first-order valence-corrected chi connectivity index (χ1v) is 7.73. The molecule has 0 aromatic rings. The van der Waals surface area contributed by atoms with Gasteiger partial charge in [0, 0.05) is 25.7 Å². The van der Waals surface area contributed by atoms with E-state index in [1.807, 2.05) is 18.7 Å². The smallest absolute Gasteiger partial charge is 0.311 e. The van der Waals surface area contributed by atoms with Crippen LogP contribution >= 0.6 is 12.4 Å². The van der Waals surface area contributed by atoms with E-state index in [1.54, 1.807) is 0 Å². The van der Waals surface area contributed by atoms with Gasteiger partial charge in [-0.1, -0.05) is 6.42 Å². The Labute approximate surface area is 132 Å². The van der Waals surface area contributed by atoms with Crippen molar-refractivity contribution in [2.45, 2.75) is 51.6 Å². The molecule has 2 aliphatic heterocycles. The molecule has 0 aromatic heterocycles. The molecule has 1 aliphatic carbocycles. The third kappa shape index (κ3) is 2.44. The second-order valence-electron chi connectivity index (χ2n) is 6.91. The van der Waals surface area contributed by atoms with Gasteiger partial charge in [0.2, 0.25) is 5.91 Å². The molecule has 3 atom stereocenters. The summed E-state index contributed by atoms with van der Waals surface area (Å²) in [5, 5.41) is 9.62. The van der Waals surface area contributed by atoms with Gasteiger partial charge in [-0.25, -0.2) is 0 Å². The van der Waals surface area contributed by atoms with Crippen molar-refractivity contribution in [1.82, 2.24) is 9.80 Å². The lowest BCUT2D eigenvalue weighted by Crippen LogP contribution is -2.44. The Balaban J connectivity index is 0.00000161. The van der Waals surface area contributed by atoms with Crippen molar-refractivity contribution in [3.63, 3.8) is 0 Å². The molecule has 0 spiro atoms. The summed E-state index contributed by atoms with van der Waals surface area (Å²) in [6, 6.07) is 0.155. The number of amides is 1. The number of halogens is 1. The van der Waals surface area contributed by atoms with Gasteiger partial charge in [-0.15, -0.1) is 12.4 Å². The van der Waals surface area contributed by atoms with E-state index < -0.39 is 11.4 Å². The van der Waals surface area contributed by atoms with Crippen LogP contribution in [0.1, 0.15) is 39.5 Å². The summed E-state index contributed by atoms with van der Waals surface area (Å²) >= 11 is 0. The van der Waals surface area contributed by atoms with Crippen molar-refractivity contribution in [2.24, 2.45) is 11.3 Å². The quantitative estimate of drug-likeness (QED) is 0.859. The molecular weight excluding hydrogens is 292 g/mol. The highest BCUT2D eigenvalue weighted by Gasteiger charge is 2.57. The molecule has 0 radical (unpaired) electrons. The Hall–Kier alpha value is -0.810. The molecule has 3 fully saturated rings. The molecular formula is C15H25ClN2O3. The average molecular weight is 317 g/mol. The number of hydrogen-bond acceptors (Lipinski definition) is 3. The normalized spacial score (nSPS) is 36.1. The summed E-state index contributed by atoms with van der Waals surface area (Å²) in [5.74, 6) is -0.227. The third-order valence-electron chi connectivity index (χ3n) is 5.60. The van der Waals surface area contributed by atoms with Crippen LogP contribution < -0.4 is 0 Å². The van der Waals surface area contributed by atoms with E-state index in [1.165, 1.54) is 0 Å². The van der Waals surface area contributed by atoms with E-state index in [-0.39, 0.29) is 36.3 Å². The van der Waals surface area contributed by atoms with Gasteiger partial charge in [0.05, 0.1) is 11.5 Å². The maximum atomic E-state index is 12.5. The Morgan fingerprint density at radius 2 is 2.10 bits per heavy atom. The highest BCUT2D eigenvalue weighted by Crippen LogP contribution is 2.49. The molecule has 6 heteroatoms. The maximum Gasteiger partial charge on any atom is 0.311 e. The van der Waals surface area contributed by atoms with Crippen molar-refractivity contribution < 1.29 is 14.7 Å². The minimum Gasteiger partial charge on any atom is -0.481 e. The highest BCUT2D eigenvalue weighted by atomic mass is 35.5. The van der Waals surface area contributed by atoms with Crippen LogP contribution in [0.5, 0.6) is 0 Å². The molecule has 3 rings (SSSR count). The first kappa shape index (κ1) is 16.6. The minimum atomic E-state index is -0.659. The fourth-order valence-corrected chi connectivity index (χ4v) is 4.45. The van der Waals surface area contributed by atoms with Crippen molar-refractivity contribution in [2.75, 3.05) is 19.6 Å². The van der Waals surface area contributed by atoms with Crippen molar-refractivity contribution in [3.8, 4) is 0 Å². The van der Waals surface area contributed by atoms with E-state index >= 15 is 0 Å². The highest BCUT2D eigenvalue weighted by molar-refractivity contribution is 5.85. The Morgan fingerprint density at radius 3 is 2.62 bits per heavy atom. The van der Waals surface area contributed by atoms with Gasteiger partial charge >= 0.3 is 5.97 Å². The molecule has 3 aliphatic rings. The second-order valence-corrected chi connectivity index (χ2v) is 6.91. The number of rotatable bonds is 3. The minimum absolute atomic E-state index is 0. The summed E-state index contributed by atoms with van der Waals surface area (Å²) in [4.78, 5) is 28.2. The predicted octanol–water partition coefficient (Wildman–Crippen LogP) is 1.60. The van der Waals surface area contributed by atoms with E-state index in [0.29, 0.717) is 6.54 Å². The Bertz CT molecular complexity index is 443. The number of hydrogen-bond donors (Lipinski definition) is 1. The van der Waals surface area contributed by atoms with Crippen LogP contribution in [-0.4, -0.2) is 58.5 Å². The van der Waals surface area contributed by atoms with E-state index in [0.717, 1.165) is 38.8 Å². The molecule has 21 heavy (non-hydrogen) atoms. The average Bonchev–Trinajstić information content (AvgIpc) is 2.99. The lowest BCUT2D eigenvalue weighted by Gasteiger charge is -2.27. The molecule has 2 heterocycles. The Kier molecular flexibility index (Phi) is 4.54. The molecule has 1 amide bonds. The topological polar surface area (TPSA) is 60.9 Å². The van der Waals surface area contributed by atoms with Crippen molar-refractivity contribution in [1.29, 1.82) is 0 Å². The zero-order chi connectivity index (χ0) is 14.5. The van der Waals surface area contributed by atoms with Gasteiger partial charge in [-0.3, -0.25) is 14.5 Å². The fourth-order valence-electron chi connectivity index (χ4n) is 4.45. The first-order valence-electron chi connectivity index (χ1n) is 7.73. The maximum absolute atomic E-state index is 12.5. The van der Waals surface area contributed by atoms with Crippen LogP contribution in [0, 0.1) is 11.3 Å². The standard InChI is InChI=1S/C15H24N2O3.ClH/c1-10(2)17-7-5-12(13(17)18)16-8-11-4-3-6-15(11,9-16)14(19)20;/h10-12H,3-9H2,1-2H3,(H,19,20);1H/t11-,12?,15+;/m0./s1. The molecule has 1 saturated carbocycles. The van der Waals surface area contributed by atoms with Gasteiger partial charge in [0.1, 0.15) is 0 Å². The molecule has 2 saturated heterocycles. The molecule has 0 bridgehead atoms. The van der Waals surface area contributed by atoms with Crippen LogP contribution in [-0.2, 0) is 9.59 Å². The largest absolute Gasteiger partial charge is 0.481 e. The van der Waals surface area contributed by atoms with Crippen molar-refractivity contribution in [3.05, 3.63) is 0 Å². The van der Waals surface area contributed by atoms with Crippen LogP contribution in [0.4, 0.5) is 0 Å². The van der Waals surface area contributed by atoms with Gasteiger partial charge in [-0.2, -0.15) is 0 Å². The molecule has 0 aromatic carbocycles. The number of nitrogens with zero attached hydrogens (tertiary/aromatic N) is 2. The van der Waals surface area contributed by atoms with Crippen molar-refractivity contribution >= 4 is 24.3 Å². The lowest BCUT2D eigenvalue weighted by atomic mass is 9.81. The summed E-state index contributed by atoms with van der Waals surface area (Å²) in [6.07, 6.45) is 3.64. The van der Waals surface area contributed by atoms with Gasteiger partial charge in [0.15, 0.2) is 0 Å². The number of carbonyl (C=O) groups is 2. The number of carbonyl (C=O) groups excluding carboxylic acids is 1. The third-order valence-corrected chi connectivity index (χ3v) is 5.60. The summed E-state index contributed by atoms with van der Waals surface area (Å²) in [7, 11) is 0. The monoisotopic (exact) mass is 316 g/mol. The van der Waals surface area contributed by atoms with Crippen LogP contribution in [0.25, 0.3) is 0 Å². The lowest BCUT2D eigenvalue weighted by molar-refractivity contribution is -0.150. The summed E-state index contributed by atoms with van der Waals surface area (Å²) < 4.78 is 0. The predicted molar refractivity (Wildman–Crippen MR) is 81.5 cm³/mol. The SMILES string of the molecule is CC(C)N1CCC(N2C[C@@H]3CCC[C@@]3(C(=O)O)C2)C1=O.Cl. The number of likely N-dealkylation sites (tertiary alicyclic amines) is 2. The summed E-state index contributed by atoms with van der Waals surface area (Å²) in [5.41, 5.74) is -0.578. The number of carboxylic acid groups (broad SMARTS) is 1. The van der Waals surface area contributed by atoms with Gasteiger partial charge in [-0.05, 0) is 39.0 Å². The first-order chi connectivity index (χ1) is 9.45. The van der Waals surface area contributed by atoms with Gasteiger partial charge in [0.25, 0.3) is 0 Å². The molecule has 1 unspecified atom stereocenters. The summed E-state index contributed by atoms with van der Waals surface area (Å²) in [6.45, 7) is 6.24. The zero-order valence-corrected chi connectivity index (χ0v) is 13.6. The molecule has 1 N–H and O–H groups in total. The van der Waals surface area contributed by atoms with Crippen LogP contribution in [0.2, 0.25) is 0 Å². The fraction of sp³-hybridized carbons (Fsp3) is 0.867. The second kappa shape index (κ2) is 5.76. The number of fused-ring (bicyclic) bond motifs is 1. The zero-order valence-electron chi connectivity index (χ0n) is 12.7. The van der Waals surface area contributed by atoms with Crippen LogP contribution in [0.15, 0.2) is 0 Å². The number of aliphatic carboxylic acids is 1. The number of carboxylic acids is 1. The Morgan fingerprint density at radius 1 is 1.38 bits per heavy atom. The van der Waals surface area contributed by atoms with Crippen LogP contribution in [0.3, 0.4) is 0 Å². The van der Waals surface area contributed by atoms with Gasteiger partial charge < -0.3 is 10.0 Å². The molecule has 5 nitrogen and oxygen atoms in total.